The number of carbonyl (C=O) groups excluding carboxylic acids is 2. The molecule has 1 aliphatic heterocycles. The SMILES string of the molecule is COCCCN1C(=O)CC(C)=C(C#N)C1=O. The molecule has 2 amide bonds. The van der Waals surface area contributed by atoms with Crippen LogP contribution in [0.1, 0.15) is 19.8 Å². The van der Waals surface area contributed by atoms with E-state index in [0.29, 0.717) is 25.1 Å². The Labute approximate surface area is 94.3 Å². The van der Waals surface area contributed by atoms with E-state index in [9.17, 15) is 9.59 Å². The van der Waals surface area contributed by atoms with Crippen LogP contribution in [-0.2, 0) is 14.3 Å². The summed E-state index contributed by atoms with van der Waals surface area (Å²) < 4.78 is 4.85. The fraction of sp³-hybridized carbons (Fsp3) is 0.545. The fourth-order valence-corrected chi connectivity index (χ4v) is 1.58. The van der Waals surface area contributed by atoms with E-state index in [1.807, 2.05) is 6.07 Å². The molecule has 0 spiro atoms. The molecule has 0 saturated heterocycles. The second-order valence-corrected chi connectivity index (χ2v) is 3.64. The number of nitrogens with zero attached hydrogens (tertiary/aromatic N) is 2. The Bertz CT molecular complexity index is 379. The summed E-state index contributed by atoms with van der Waals surface area (Å²) in [6.07, 6.45) is 0.743. The topological polar surface area (TPSA) is 70.4 Å². The molecule has 0 atom stereocenters. The van der Waals surface area contributed by atoms with Gasteiger partial charge in [-0.15, -0.1) is 0 Å². The van der Waals surface area contributed by atoms with Crippen molar-refractivity contribution in [2.45, 2.75) is 19.8 Å². The van der Waals surface area contributed by atoms with Crippen LogP contribution in [0.2, 0.25) is 0 Å². The lowest BCUT2D eigenvalue weighted by atomic mass is 10.0. The maximum Gasteiger partial charge on any atom is 0.271 e. The Morgan fingerprint density at radius 3 is 2.75 bits per heavy atom. The fourth-order valence-electron chi connectivity index (χ4n) is 1.58. The first-order valence-electron chi connectivity index (χ1n) is 5.05. The lowest BCUT2D eigenvalue weighted by molar-refractivity contribution is -0.143. The number of hydrogen-bond acceptors (Lipinski definition) is 4. The Morgan fingerprint density at radius 1 is 1.50 bits per heavy atom. The van der Waals surface area contributed by atoms with Crippen molar-refractivity contribution in [2.75, 3.05) is 20.3 Å². The van der Waals surface area contributed by atoms with E-state index in [1.165, 1.54) is 0 Å². The van der Waals surface area contributed by atoms with Gasteiger partial charge in [-0.3, -0.25) is 14.5 Å². The van der Waals surface area contributed by atoms with Gasteiger partial charge in [0, 0.05) is 26.7 Å². The molecule has 5 heteroatoms. The molecule has 0 radical (unpaired) electrons. The summed E-state index contributed by atoms with van der Waals surface area (Å²) in [6, 6.07) is 1.85. The Balaban J connectivity index is 2.77. The van der Waals surface area contributed by atoms with Crippen molar-refractivity contribution in [3.63, 3.8) is 0 Å². The number of nitriles is 1. The molecule has 16 heavy (non-hydrogen) atoms. The van der Waals surface area contributed by atoms with E-state index in [-0.39, 0.29) is 17.9 Å². The Kier molecular flexibility index (Phi) is 4.20. The first-order chi connectivity index (χ1) is 7.61. The van der Waals surface area contributed by atoms with Crippen molar-refractivity contribution in [2.24, 2.45) is 0 Å². The van der Waals surface area contributed by atoms with Crippen molar-refractivity contribution < 1.29 is 14.3 Å². The predicted octanol–water partition coefficient (Wildman–Crippen LogP) is 0.622. The lowest BCUT2D eigenvalue weighted by Crippen LogP contribution is -2.42. The van der Waals surface area contributed by atoms with Gasteiger partial charge < -0.3 is 4.74 Å². The average molecular weight is 222 g/mol. The van der Waals surface area contributed by atoms with Crippen molar-refractivity contribution in [3.8, 4) is 6.07 Å². The summed E-state index contributed by atoms with van der Waals surface area (Å²) >= 11 is 0. The number of imide groups is 1. The highest BCUT2D eigenvalue weighted by atomic mass is 16.5. The number of carbonyl (C=O) groups is 2. The van der Waals surface area contributed by atoms with Gasteiger partial charge in [-0.05, 0) is 18.9 Å². The highest BCUT2D eigenvalue weighted by molar-refractivity contribution is 6.10. The first kappa shape index (κ1) is 12.4. The van der Waals surface area contributed by atoms with E-state index >= 15 is 0 Å². The Hall–Kier alpha value is -1.67. The number of ether oxygens (including phenoxy) is 1. The predicted molar refractivity (Wildman–Crippen MR) is 56.1 cm³/mol. The highest BCUT2D eigenvalue weighted by Crippen LogP contribution is 2.19. The summed E-state index contributed by atoms with van der Waals surface area (Å²) in [5, 5.41) is 8.82. The summed E-state index contributed by atoms with van der Waals surface area (Å²) in [5.41, 5.74) is 0.650. The van der Waals surface area contributed by atoms with Gasteiger partial charge in [0.15, 0.2) is 0 Å². The molecular formula is C11H14N2O3. The molecule has 1 rings (SSSR count). The van der Waals surface area contributed by atoms with Gasteiger partial charge in [0.25, 0.3) is 5.91 Å². The minimum atomic E-state index is -0.479. The summed E-state index contributed by atoms with van der Waals surface area (Å²) in [6.45, 7) is 2.44. The maximum absolute atomic E-state index is 11.8. The molecule has 5 nitrogen and oxygen atoms in total. The minimum absolute atomic E-state index is 0.0945. The molecule has 0 N–H and O–H groups in total. The smallest absolute Gasteiger partial charge is 0.271 e. The van der Waals surface area contributed by atoms with Crippen LogP contribution in [0.4, 0.5) is 0 Å². The van der Waals surface area contributed by atoms with Crippen LogP contribution < -0.4 is 0 Å². The largest absolute Gasteiger partial charge is 0.385 e. The molecule has 0 aromatic rings. The maximum atomic E-state index is 11.8. The molecule has 0 aromatic heterocycles. The third kappa shape index (κ3) is 2.47. The first-order valence-corrected chi connectivity index (χ1v) is 5.05. The van der Waals surface area contributed by atoms with Crippen LogP contribution in [0.25, 0.3) is 0 Å². The zero-order valence-electron chi connectivity index (χ0n) is 9.45. The van der Waals surface area contributed by atoms with Crippen molar-refractivity contribution >= 4 is 11.8 Å². The number of amides is 2. The van der Waals surface area contributed by atoms with E-state index in [0.717, 1.165) is 4.90 Å². The van der Waals surface area contributed by atoms with Gasteiger partial charge in [0.1, 0.15) is 11.6 Å². The molecule has 0 aliphatic carbocycles. The van der Waals surface area contributed by atoms with Crippen molar-refractivity contribution in [1.29, 1.82) is 5.26 Å². The Morgan fingerprint density at radius 2 is 2.19 bits per heavy atom. The highest BCUT2D eigenvalue weighted by Gasteiger charge is 2.30. The molecule has 0 fully saturated rings. The zero-order valence-corrected chi connectivity index (χ0v) is 9.45. The molecular weight excluding hydrogens is 208 g/mol. The molecule has 86 valence electrons. The second kappa shape index (κ2) is 5.42. The third-order valence-electron chi connectivity index (χ3n) is 2.45. The van der Waals surface area contributed by atoms with Crippen molar-refractivity contribution in [1.82, 2.24) is 4.90 Å². The molecule has 1 heterocycles. The van der Waals surface area contributed by atoms with Crippen molar-refractivity contribution in [3.05, 3.63) is 11.1 Å². The number of hydrogen-bond donors (Lipinski definition) is 0. The lowest BCUT2D eigenvalue weighted by Gasteiger charge is -2.25. The van der Waals surface area contributed by atoms with Gasteiger partial charge >= 0.3 is 0 Å². The summed E-state index contributed by atoms with van der Waals surface area (Å²) in [7, 11) is 1.56. The van der Waals surface area contributed by atoms with Gasteiger partial charge in [-0.25, -0.2) is 0 Å². The van der Waals surface area contributed by atoms with Gasteiger partial charge in [0.05, 0.1) is 0 Å². The molecule has 0 saturated carbocycles. The van der Waals surface area contributed by atoms with Crippen LogP contribution in [0.15, 0.2) is 11.1 Å². The van der Waals surface area contributed by atoms with Crippen LogP contribution in [0.3, 0.4) is 0 Å². The van der Waals surface area contributed by atoms with Gasteiger partial charge in [-0.1, -0.05) is 0 Å². The van der Waals surface area contributed by atoms with Crippen LogP contribution in [0.5, 0.6) is 0 Å². The van der Waals surface area contributed by atoms with Gasteiger partial charge in [-0.2, -0.15) is 5.26 Å². The van der Waals surface area contributed by atoms with Crippen LogP contribution in [-0.4, -0.2) is 37.0 Å². The monoisotopic (exact) mass is 222 g/mol. The van der Waals surface area contributed by atoms with E-state index < -0.39 is 5.91 Å². The molecule has 0 bridgehead atoms. The molecule has 0 aromatic carbocycles. The number of rotatable bonds is 4. The summed E-state index contributed by atoms with van der Waals surface area (Å²) in [5.74, 6) is -0.718. The average Bonchev–Trinajstić information content (AvgIpc) is 2.23. The molecule has 1 aliphatic rings. The van der Waals surface area contributed by atoms with Crippen LogP contribution in [0, 0.1) is 11.3 Å². The van der Waals surface area contributed by atoms with E-state index in [2.05, 4.69) is 0 Å². The van der Waals surface area contributed by atoms with Gasteiger partial charge in [0.2, 0.25) is 5.91 Å². The normalized spacial score (nSPS) is 16.7. The number of methoxy groups -OCH3 is 1. The molecule has 0 unspecified atom stereocenters. The third-order valence-corrected chi connectivity index (χ3v) is 2.45. The van der Waals surface area contributed by atoms with E-state index in [1.54, 1.807) is 14.0 Å². The summed E-state index contributed by atoms with van der Waals surface area (Å²) in [4.78, 5) is 24.5. The quantitative estimate of drug-likeness (QED) is 0.516. The van der Waals surface area contributed by atoms with Crippen LogP contribution >= 0.6 is 0 Å². The van der Waals surface area contributed by atoms with E-state index in [4.69, 9.17) is 10.00 Å². The zero-order chi connectivity index (χ0) is 12.1. The second-order valence-electron chi connectivity index (χ2n) is 3.64. The standard InChI is InChI=1S/C11H14N2O3/c1-8-6-10(14)13(4-3-5-16-2)11(15)9(8)7-12/h3-6H2,1-2H3. The minimum Gasteiger partial charge on any atom is -0.385 e.